The van der Waals surface area contributed by atoms with Gasteiger partial charge >= 0.3 is 0 Å². The standard InChI is InChI=1S/C14H27N3/c1-4-10-15-13(6-3)7-8-14-9-11-16-17(14)12-5-2/h9,11,13,15H,4-8,10,12H2,1-3H3. The Kier molecular flexibility index (Phi) is 6.94. The molecule has 0 amide bonds. The number of rotatable bonds is 9. The zero-order chi connectivity index (χ0) is 12.5. The van der Waals surface area contributed by atoms with E-state index in [0.29, 0.717) is 6.04 Å². The molecule has 0 aliphatic carbocycles. The molecule has 17 heavy (non-hydrogen) atoms. The van der Waals surface area contributed by atoms with Crippen molar-refractivity contribution in [3.63, 3.8) is 0 Å². The lowest BCUT2D eigenvalue weighted by atomic mass is 10.1. The Balaban J connectivity index is 2.39. The van der Waals surface area contributed by atoms with Crippen molar-refractivity contribution in [1.82, 2.24) is 15.1 Å². The summed E-state index contributed by atoms with van der Waals surface area (Å²) in [6.07, 6.45) is 7.85. The van der Waals surface area contributed by atoms with Gasteiger partial charge in [-0.2, -0.15) is 5.10 Å². The molecule has 0 saturated heterocycles. The highest BCUT2D eigenvalue weighted by atomic mass is 15.3. The van der Waals surface area contributed by atoms with Crippen LogP contribution in [0.2, 0.25) is 0 Å². The molecular weight excluding hydrogens is 210 g/mol. The second-order valence-corrected chi connectivity index (χ2v) is 4.64. The van der Waals surface area contributed by atoms with E-state index in [-0.39, 0.29) is 0 Å². The van der Waals surface area contributed by atoms with Crippen LogP contribution in [0.25, 0.3) is 0 Å². The van der Waals surface area contributed by atoms with Crippen LogP contribution in [-0.4, -0.2) is 22.4 Å². The van der Waals surface area contributed by atoms with Gasteiger partial charge in [0, 0.05) is 24.5 Å². The molecule has 0 bridgehead atoms. The van der Waals surface area contributed by atoms with Gasteiger partial charge in [0.05, 0.1) is 0 Å². The summed E-state index contributed by atoms with van der Waals surface area (Å²) >= 11 is 0. The second kappa shape index (κ2) is 8.29. The summed E-state index contributed by atoms with van der Waals surface area (Å²) in [4.78, 5) is 0. The Hall–Kier alpha value is -0.830. The quantitative estimate of drug-likeness (QED) is 0.715. The van der Waals surface area contributed by atoms with Crippen molar-refractivity contribution in [3.8, 4) is 0 Å². The van der Waals surface area contributed by atoms with Crippen LogP contribution < -0.4 is 5.32 Å². The van der Waals surface area contributed by atoms with Gasteiger partial charge in [0.2, 0.25) is 0 Å². The molecule has 0 aliphatic rings. The van der Waals surface area contributed by atoms with Crippen LogP contribution in [0.5, 0.6) is 0 Å². The van der Waals surface area contributed by atoms with E-state index in [9.17, 15) is 0 Å². The molecule has 0 spiro atoms. The molecule has 0 aliphatic heterocycles. The Morgan fingerprint density at radius 2 is 2.12 bits per heavy atom. The molecular formula is C14H27N3. The molecule has 1 heterocycles. The first-order valence-electron chi connectivity index (χ1n) is 7.05. The van der Waals surface area contributed by atoms with Gasteiger partial charge < -0.3 is 5.32 Å². The van der Waals surface area contributed by atoms with Crippen molar-refractivity contribution in [2.75, 3.05) is 6.54 Å². The van der Waals surface area contributed by atoms with Crippen molar-refractivity contribution in [2.45, 2.75) is 65.5 Å². The molecule has 0 radical (unpaired) electrons. The van der Waals surface area contributed by atoms with Gasteiger partial charge in [-0.1, -0.05) is 20.8 Å². The second-order valence-electron chi connectivity index (χ2n) is 4.64. The molecule has 1 N–H and O–H groups in total. The third kappa shape index (κ3) is 4.90. The minimum atomic E-state index is 0.653. The Morgan fingerprint density at radius 1 is 1.29 bits per heavy atom. The highest BCUT2D eigenvalue weighted by Gasteiger charge is 2.07. The summed E-state index contributed by atoms with van der Waals surface area (Å²) in [5.74, 6) is 0. The highest BCUT2D eigenvalue weighted by Crippen LogP contribution is 2.08. The third-order valence-corrected chi connectivity index (χ3v) is 3.16. The largest absolute Gasteiger partial charge is 0.314 e. The average Bonchev–Trinajstić information content (AvgIpc) is 2.78. The molecule has 0 saturated carbocycles. The highest BCUT2D eigenvalue weighted by molar-refractivity contribution is 5.01. The van der Waals surface area contributed by atoms with Gasteiger partial charge in [-0.3, -0.25) is 4.68 Å². The smallest absolute Gasteiger partial charge is 0.0492 e. The number of nitrogens with zero attached hydrogens (tertiary/aromatic N) is 2. The lowest BCUT2D eigenvalue weighted by Gasteiger charge is -2.16. The molecule has 1 rings (SSSR count). The van der Waals surface area contributed by atoms with Gasteiger partial charge in [-0.25, -0.2) is 0 Å². The Bertz CT molecular complexity index is 293. The molecule has 3 heteroatoms. The van der Waals surface area contributed by atoms with Crippen LogP contribution in [0, 0.1) is 0 Å². The van der Waals surface area contributed by atoms with Gasteiger partial charge in [0.25, 0.3) is 0 Å². The first-order chi connectivity index (χ1) is 8.31. The zero-order valence-electron chi connectivity index (χ0n) is 11.6. The van der Waals surface area contributed by atoms with E-state index in [4.69, 9.17) is 0 Å². The number of hydrogen-bond acceptors (Lipinski definition) is 2. The van der Waals surface area contributed by atoms with Crippen LogP contribution in [0.4, 0.5) is 0 Å². The van der Waals surface area contributed by atoms with Crippen molar-refractivity contribution < 1.29 is 0 Å². The summed E-state index contributed by atoms with van der Waals surface area (Å²) in [6.45, 7) is 8.85. The predicted molar refractivity (Wildman–Crippen MR) is 73.2 cm³/mol. The SMILES string of the molecule is CCCNC(CC)CCc1ccnn1CCC. The summed E-state index contributed by atoms with van der Waals surface area (Å²) < 4.78 is 2.15. The summed E-state index contributed by atoms with van der Waals surface area (Å²) in [6, 6.07) is 2.81. The van der Waals surface area contributed by atoms with E-state index < -0.39 is 0 Å². The maximum Gasteiger partial charge on any atom is 0.0492 e. The molecule has 1 aromatic rings. The number of aromatic nitrogens is 2. The number of hydrogen-bond donors (Lipinski definition) is 1. The minimum Gasteiger partial charge on any atom is -0.314 e. The van der Waals surface area contributed by atoms with Crippen molar-refractivity contribution in [2.24, 2.45) is 0 Å². The molecule has 1 unspecified atom stereocenters. The van der Waals surface area contributed by atoms with E-state index in [1.54, 1.807) is 0 Å². The average molecular weight is 237 g/mol. The fraction of sp³-hybridized carbons (Fsp3) is 0.786. The number of aryl methyl sites for hydroxylation is 2. The van der Waals surface area contributed by atoms with Crippen LogP contribution in [0.3, 0.4) is 0 Å². The maximum atomic E-state index is 4.37. The van der Waals surface area contributed by atoms with Crippen LogP contribution >= 0.6 is 0 Å². The Labute approximate surface area is 106 Å². The van der Waals surface area contributed by atoms with Crippen LogP contribution in [-0.2, 0) is 13.0 Å². The van der Waals surface area contributed by atoms with Crippen molar-refractivity contribution >= 4 is 0 Å². The zero-order valence-corrected chi connectivity index (χ0v) is 11.6. The summed E-state index contributed by atoms with van der Waals surface area (Å²) in [5, 5.41) is 7.97. The number of nitrogens with one attached hydrogen (secondary N) is 1. The van der Waals surface area contributed by atoms with Crippen LogP contribution in [0.15, 0.2) is 12.3 Å². The lowest BCUT2D eigenvalue weighted by molar-refractivity contribution is 0.457. The monoisotopic (exact) mass is 237 g/mol. The minimum absolute atomic E-state index is 0.653. The lowest BCUT2D eigenvalue weighted by Crippen LogP contribution is -2.29. The molecule has 0 aromatic carbocycles. The maximum absolute atomic E-state index is 4.37. The molecule has 1 aromatic heterocycles. The van der Waals surface area contributed by atoms with Crippen molar-refractivity contribution in [1.29, 1.82) is 0 Å². The van der Waals surface area contributed by atoms with Gasteiger partial charge in [0.15, 0.2) is 0 Å². The van der Waals surface area contributed by atoms with Crippen LogP contribution in [0.1, 0.15) is 52.1 Å². The van der Waals surface area contributed by atoms with E-state index in [1.165, 1.54) is 25.0 Å². The molecule has 98 valence electrons. The first kappa shape index (κ1) is 14.2. The van der Waals surface area contributed by atoms with E-state index in [0.717, 1.165) is 25.9 Å². The van der Waals surface area contributed by atoms with E-state index >= 15 is 0 Å². The summed E-state index contributed by atoms with van der Waals surface area (Å²) in [7, 11) is 0. The fourth-order valence-corrected chi connectivity index (χ4v) is 2.11. The van der Waals surface area contributed by atoms with Gasteiger partial charge in [-0.15, -0.1) is 0 Å². The van der Waals surface area contributed by atoms with Crippen molar-refractivity contribution in [3.05, 3.63) is 18.0 Å². The first-order valence-corrected chi connectivity index (χ1v) is 7.05. The molecule has 1 atom stereocenters. The molecule has 0 fully saturated rings. The predicted octanol–water partition coefficient (Wildman–Crippen LogP) is 3.00. The van der Waals surface area contributed by atoms with Gasteiger partial charge in [-0.05, 0) is 44.7 Å². The van der Waals surface area contributed by atoms with E-state index in [2.05, 4.69) is 41.9 Å². The summed E-state index contributed by atoms with van der Waals surface area (Å²) in [5.41, 5.74) is 1.38. The third-order valence-electron chi connectivity index (χ3n) is 3.16. The molecule has 3 nitrogen and oxygen atoms in total. The van der Waals surface area contributed by atoms with E-state index in [1.807, 2.05) is 6.20 Å². The van der Waals surface area contributed by atoms with Gasteiger partial charge in [0.1, 0.15) is 0 Å². The Morgan fingerprint density at radius 3 is 2.76 bits per heavy atom. The topological polar surface area (TPSA) is 29.9 Å². The normalized spacial score (nSPS) is 12.9. The fourth-order valence-electron chi connectivity index (χ4n) is 2.11.